The van der Waals surface area contributed by atoms with Crippen LogP contribution < -0.4 is 10.1 Å². The van der Waals surface area contributed by atoms with Crippen molar-refractivity contribution < 1.29 is 9.47 Å². The topological polar surface area (TPSA) is 46.1 Å². The summed E-state index contributed by atoms with van der Waals surface area (Å²) in [4.78, 5) is 6.48. The van der Waals surface area contributed by atoms with Crippen LogP contribution in [0, 0.1) is 0 Å². The number of nitrogens with zero attached hydrogens (tertiary/aromatic N) is 2. The van der Waals surface area contributed by atoms with Crippen LogP contribution in [0.2, 0.25) is 0 Å². The monoisotopic (exact) mass is 435 g/mol. The maximum absolute atomic E-state index is 5.63. The normalized spacial score (nSPS) is 10.9. The standard InChI is InChI=1S/C17H29N3O2.HI/c1-5-6-10-20(3)17(18-2)19-14-15-8-7-9-16(13-15)22-12-11-21-4;/h7-9,13H,5-6,10-12,14H2,1-4H3,(H,18,19);1H. The third-order valence-electron chi connectivity index (χ3n) is 3.33. The molecule has 0 spiro atoms. The number of hydrogen-bond acceptors (Lipinski definition) is 3. The first-order valence-electron chi connectivity index (χ1n) is 7.83. The van der Waals surface area contributed by atoms with E-state index in [0.717, 1.165) is 24.8 Å². The van der Waals surface area contributed by atoms with Gasteiger partial charge in [-0.15, -0.1) is 24.0 Å². The average Bonchev–Trinajstić information content (AvgIpc) is 2.54. The number of guanidine groups is 1. The van der Waals surface area contributed by atoms with Crippen molar-refractivity contribution in [3.63, 3.8) is 0 Å². The Balaban J connectivity index is 0.00000484. The van der Waals surface area contributed by atoms with Crippen molar-refractivity contribution in [2.75, 3.05) is 41.0 Å². The molecule has 0 atom stereocenters. The number of halogens is 1. The highest BCUT2D eigenvalue weighted by Crippen LogP contribution is 2.13. The quantitative estimate of drug-likeness (QED) is 0.280. The molecule has 0 saturated carbocycles. The predicted octanol–water partition coefficient (Wildman–Crippen LogP) is 3.14. The van der Waals surface area contributed by atoms with Crippen molar-refractivity contribution in [1.82, 2.24) is 10.2 Å². The molecule has 0 unspecified atom stereocenters. The maximum atomic E-state index is 5.63. The minimum atomic E-state index is 0. The van der Waals surface area contributed by atoms with Crippen molar-refractivity contribution in [3.05, 3.63) is 29.8 Å². The van der Waals surface area contributed by atoms with E-state index in [-0.39, 0.29) is 24.0 Å². The first kappa shape index (κ1) is 22.0. The lowest BCUT2D eigenvalue weighted by Gasteiger charge is -2.22. The summed E-state index contributed by atoms with van der Waals surface area (Å²) in [5.41, 5.74) is 1.17. The molecule has 6 heteroatoms. The van der Waals surface area contributed by atoms with Crippen molar-refractivity contribution >= 4 is 29.9 Å². The van der Waals surface area contributed by atoms with Gasteiger partial charge >= 0.3 is 0 Å². The van der Waals surface area contributed by atoms with E-state index < -0.39 is 0 Å². The van der Waals surface area contributed by atoms with Crippen molar-refractivity contribution in [3.8, 4) is 5.75 Å². The first-order valence-corrected chi connectivity index (χ1v) is 7.83. The highest BCUT2D eigenvalue weighted by Gasteiger charge is 2.05. The SMILES string of the molecule is CCCCN(C)C(=NC)NCc1cccc(OCCOC)c1.I. The van der Waals surface area contributed by atoms with Crippen LogP contribution in [0.25, 0.3) is 0 Å². The van der Waals surface area contributed by atoms with Gasteiger partial charge in [0.25, 0.3) is 0 Å². The molecule has 0 aromatic heterocycles. The van der Waals surface area contributed by atoms with Gasteiger partial charge in [-0.25, -0.2) is 0 Å². The Hall–Kier alpha value is -1.02. The lowest BCUT2D eigenvalue weighted by Crippen LogP contribution is -2.38. The van der Waals surface area contributed by atoms with Gasteiger partial charge < -0.3 is 19.7 Å². The van der Waals surface area contributed by atoms with Gasteiger partial charge in [-0.1, -0.05) is 25.5 Å². The Morgan fingerprint density at radius 1 is 1.30 bits per heavy atom. The highest BCUT2D eigenvalue weighted by molar-refractivity contribution is 14.0. The van der Waals surface area contributed by atoms with Crippen LogP contribution in [0.5, 0.6) is 5.75 Å². The predicted molar refractivity (Wildman–Crippen MR) is 107 cm³/mol. The zero-order valence-electron chi connectivity index (χ0n) is 14.7. The summed E-state index contributed by atoms with van der Waals surface area (Å²) in [5, 5.41) is 3.38. The molecule has 0 aliphatic rings. The summed E-state index contributed by atoms with van der Waals surface area (Å²) in [6, 6.07) is 8.08. The number of methoxy groups -OCH3 is 1. The third-order valence-corrected chi connectivity index (χ3v) is 3.33. The summed E-state index contributed by atoms with van der Waals surface area (Å²) < 4.78 is 10.6. The molecular formula is C17H30IN3O2. The molecule has 0 radical (unpaired) electrons. The summed E-state index contributed by atoms with van der Waals surface area (Å²) in [7, 11) is 5.55. The van der Waals surface area contributed by atoms with Crippen LogP contribution in [0.15, 0.2) is 29.3 Å². The van der Waals surface area contributed by atoms with E-state index in [1.807, 2.05) is 25.2 Å². The number of rotatable bonds is 9. The summed E-state index contributed by atoms with van der Waals surface area (Å²) >= 11 is 0. The van der Waals surface area contributed by atoms with Crippen LogP contribution in [0.4, 0.5) is 0 Å². The van der Waals surface area contributed by atoms with Crippen LogP contribution in [-0.4, -0.2) is 51.8 Å². The third kappa shape index (κ3) is 9.00. The maximum Gasteiger partial charge on any atom is 0.193 e. The zero-order valence-corrected chi connectivity index (χ0v) is 17.0. The fourth-order valence-corrected chi connectivity index (χ4v) is 2.06. The van der Waals surface area contributed by atoms with E-state index in [0.29, 0.717) is 13.2 Å². The van der Waals surface area contributed by atoms with Gasteiger partial charge in [0, 0.05) is 34.3 Å². The van der Waals surface area contributed by atoms with Gasteiger partial charge in [-0.2, -0.15) is 0 Å². The number of aliphatic imine (C=N–C) groups is 1. The largest absolute Gasteiger partial charge is 0.491 e. The summed E-state index contributed by atoms with van der Waals surface area (Å²) in [6.45, 7) is 5.09. The van der Waals surface area contributed by atoms with Gasteiger partial charge in [-0.05, 0) is 24.1 Å². The van der Waals surface area contributed by atoms with E-state index in [2.05, 4.69) is 35.2 Å². The van der Waals surface area contributed by atoms with E-state index in [1.54, 1.807) is 7.11 Å². The molecule has 0 aliphatic heterocycles. The molecule has 0 saturated heterocycles. The smallest absolute Gasteiger partial charge is 0.193 e. The Morgan fingerprint density at radius 2 is 2.09 bits per heavy atom. The second-order valence-corrected chi connectivity index (χ2v) is 5.16. The summed E-state index contributed by atoms with van der Waals surface area (Å²) in [5.74, 6) is 1.78. The summed E-state index contributed by atoms with van der Waals surface area (Å²) in [6.07, 6.45) is 2.35. The molecule has 0 aliphatic carbocycles. The van der Waals surface area contributed by atoms with Gasteiger partial charge in [0.05, 0.1) is 6.61 Å². The van der Waals surface area contributed by atoms with Gasteiger partial charge in [-0.3, -0.25) is 4.99 Å². The lowest BCUT2D eigenvalue weighted by atomic mass is 10.2. The van der Waals surface area contributed by atoms with Gasteiger partial charge in [0.1, 0.15) is 12.4 Å². The molecule has 1 N–H and O–H groups in total. The molecular weight excluding hydrogens is 405 g/mol. The molecule has 1 rings (SSSR count). The molecule has 1 aromatic carbocycles. The van der Waals surface area contributed by atoms with Crippen molar-refractivity contribution in [2.24, 2.45) is 4.99 Å². The molecule has 1 aromatic rings. The molecule has 0 amide bonds. The minimum Gasteiger partial charge on any atom is -0.491 e. The van der Waals surface area contributed by atoms with Gasteiger partial charge in [0.2, 0.25) is 0 Å². The molecule has 132 valence electrons. The number of nitrogens with one attached hydrogen (secondary N) is 1. The van der Waals surface area contributed by atoms with Crippen LogP contribution in [0.3, 0.4) is 0 Å². The average molecular weight is 435 g/mol. The first-order chi connectivity index (χ1) is 10.7. The van der Waals surface area contributed by atoms with Crippen LogP contribution >= 0.6 is 24.0 Å². The highest BCUT2D eigenvalue weighted by atomic mass is 127. The Morgan fingerprint density at radius 3 is 2.74 bits per heavy atom. The second-order valence-electron chi connectivity index (χ2n) is 5.16. The van der Waals surface area contributed by atoms with E-state index in [4.69, 9.17) is 9.47 Å². The number of hydrogen-bond donors (Lipinski definition) is 1. The molecule has 5 nitrogen and oxygen atoms in total. The Labute approximate surface area is 157 Å². The molecule has 0 heterocycles. The molecule has 0 bridgehead atoms. The number of unbranched alkanes of at least 4 members (excludes halogenated alkanes) is 1. The Bertz CT molecular complexity index is 455. The van der Waals surface area contributed by atoms with E-state index in [9.17, 15) is 0 Å². The van der Waals surface area contributed by atoms with Crippen molar-refractivity contribution in [2.45, 2.75) is 26.3 Å². The minimum absolute atomic E-state index is 0. The van der Waals surface area contributed by atoms with Crippen molar-refractivity contribution in [1.29, 1.82) is 0 Å². The van der Waals surface area contributed by atoms with Crippen LogP contribution in [0.1, 0.15) is 25.3 Å². The van der Waals surface area contributed by atoms with Crippen LogP contribution in [-0.2, 0) is 11.3 Å². The second kappa shape index (κ2) is 13.4. The fourth-order valence-electron chi connectivity index (χ4n) is 2.06. The zero-order chi connectivity index (χ0) is 16.2. The van der Waals surface area contributed by atoms with E-state index in [1.165, 1.54) is 18.4 Å². The molecule has 0 fully saturated rings. The fraction of sp³-hybridized carbons (Fsp3) is 0.588. The Kier molecular flexibility index (Phi) is 12.8. The number of ether oxygens (including phenoxy) is 2. The van der Waals surface area contributed by atoms with Gasteiger partial charge in [0.15, 0.2) is 5.96 Å². The number of benzene rings is 1. The van der Waals surface area contributed by atoms with E-state index >= 15 is 0 Å². The molecule has 23 heavy (non-hydrogen) atoms. The lowest BCUT2D eigenvalue weighted by molar-refractivity contribution is 0.146.